The number of ether oxygens (including phenoxy) is 1. The molecule has 1 aromatic carbocycles. The van der Waals surface area contributed by atoms with E-state index in [4.69, 9.17) is 16.3 Å². The number of carbonyl (C=O) groups is 2. The maximum atomic E-state index is 13.6. The summed E-state index contributed by atoms with van der Waals surface area (Å²) in [4.78, 5) is 46.1. The van der Waals surface area contributed by atoms with Crippen LogP contribution in [-0.4, -0.2) is 74.6 Å². The molecular weight excluding hydrogens is 536 g/mol. The predicted molar refractivity (Wildman–Crippen MR) is 149 cm³/mol. The molecular formula is C28H29ClN6O5. The predicted octanol–water partition coefficient (Wildman–Crippen LogP) is 1.85. The van der Waals surface area contributed by atoms with Gasteiger partial charge in [-0.25, -0.2) is 4.98 Å². The standard InChI is InChI=1S/C28H29ClN6O5/c1-33(14-28(15-36)16-40-17-28)24(37)13-35-25-19(7-20(10-30-25)21-11-32-34(2)12-21)8-23(27(35)39)26(38)31-9-18-3-5-22(29)6-4-18/h3-8,10-12,36H,9,13-17H2,1-2H3,(H,31,38). The molecule has 3 aromatic heterocycles. The molecule has 0 unspecified atom stereocenters. The quantitative estimate of drug-likeness (QED) is 0.317. The van der Waals surface area contributed by atoms with Crippen molar-refractivity contribution < 1.29 is 19.4 Å². The fourth-order valence-electron chi connectivity index (χ4n) is 4.65. The molecule has 1 aliphatic rings. The lowest BCUT2D eigenvalue weighted by Crippen LogP contribution is -2.54. The van der Waals surface area contributed by atoms with Crippen LogP contribution in [0.3, 0.4) is 0 Å². The molecule has 2 N–H and O–H groups in total. The van der Waals surface area contributed by atoms with Crippen molar-refractivity contribution >= 4 is 34.4 Å². The Labute approximate surface area is 234 Å². The van der Waals surface area contributed by atoms with E-state index < -0.39 is 16.9 Å². The highest BCUT2D eigenvalue weighted by atomic mass is 35.5. The maximum absolute atomic E-state index is 13.6. The lowest BCUT2D eigenvalue weighted by Gasteiger charge is -2.42. The average molecular weight is 565 g/mol. The number of carbonyl (C=O) groups excluding carboxylic acids is 2. The Morgan fingerprint density at radius 3 is 2.55 bits per heavy atom. The lowest BCUT2D eigenvalue weighted by atomic mass is 9.86. The van der Waals surface area contributed by atoms with Gasteiger partial charge in [-0.3, -0.25) is 23.6 Å². The number of aliphatic hydroxyl groups is 1. The van der Waals surface area contributed by atoms with Gasteiger partial charge >= 0.3 is 0 Å². The number of hydrogen-bond acceptors (Lipinski definition) is 7. The molecule has 4 aromatic rings. The third-order valence-electron chi connectivity index (χ3n) is 7.02. The molecule has 0 saturated carbocycles. The minimum atomic E-state index is -0.631. The van der Waals surface area contributed by atoms with Crippen molar-refractivity contribution in [2.75, 3.05) is 33.4 Å². The lowest BCUT2D eigenvalue weighted by molar-refractivity contribution is -0.156. The highest BCUT2D eigenvalue weighted by Crippen LogP contribution is 2.28. The summed E-state index contributed by atoms with van der Waals surface area (Å²) in [6, 6.07) is 10.3. The van der Waals surface area contributed by atoms with E-state index in [0.717, 1.165) is 16.7 Å². The Hall–Kier alpha value is -4.06. The van der Waals surface area contributed by atoms with Crippen LogP contribution in [0.1, 0.15) is 15.9 Å². The van der Waals surface area contributed by atoms with Crippen LogP contribution in [0, 0.1) is 5.41 Å². The highest BCUT2D eigenvalue weighted by Gasteiger charge is 2.40. The minimum Gasteiger partial charge on any atom is -0.396 e. The molecule has 1 aliphatic heterocycles. The number of amides is 2. The number of aromatic nitrogens is 4. The molecule has 0 radical (unpaired) electrons. The first-order valence-corrected chi connectivity index (χ1v) is 13.0. The van der Waals surface area contributed by atoms with Crippen molar-refractivity contribution in [2.24, 2.45) is 12.5 Å². The first-order valence-electron chi connectivity index (χ1n) is 12.7. The molecule has 1 saturated heterocycles. The Kier molecular flexibility index (Phi) is 7.70. The second-order valence-corrected chi connectivity index (χ2v) is 10.6. The molecule has 0 spiro atoms. The van der Waals surface area contributed by atoms with Crippen molar-refractivity contribution in [1.82, 2.24) is 29.5 Å². The van der Waals surface area contributed by atoms with Gasteiger partial charge in [0.25, 0.3) is 11.5 Å². The molecule has 0 aliphatic carbocycles. The molecule has 12 heteroatoms. The summed E-state index contributed by atoms with van der Waals surface area (Å²) in [5, 5.41) is 17.8. The van der Waals surface area contributed by atoms with Gasteiger partial charge in [0, 0.05) is 61.1 Å². The normalized spacial score (nSPS) is 14.1. The number of aliphatic hydroxyl groups excluding tert-OH is 1. The first kappa shape index (κ1) is 27.5. The molecule has 0 bridgehead atoms. The summed E-state index contributed by atoms with van der Waals surface area (Å²) < 4.78 is 8.12. The van der Waals surface area contributed by atoms with E-state index in [1.165, 1.54) is 15.5 Å². The molecule has 11 nitrogen and oxygen atoms in total. The van der Waals surface area contributed by atoms with Crippen molar-refractivity contribution in [1.29, 1.82) is 0 Å². The Balaban J connectivity index is 1.49. The number of nitrogens with zero attached hydrogens (tertiary/aromatic N) is 5. The second kappa shape index (κ2) is 11.2. The van der Waals surface area contributed by atoms with E-state index in [2.05, 4.69) is 15.4 Å². The molecule has 40 heavy (non-hydrogen) atoms. The van der Waals surface area contributed by atoms with Crippen LogP contribution >= 0.6 is 11.6 Å². The second-order valence-electron chi connectivity index (χ2n) is 10.2. The molecule has 0 atom stereocenters. The average Bonchev–Trinajstić information content (AvgIpc) is 3.37. The number of rotatable bonds is 9. The fourth-order valence-corrected chi connectivity index (χ4v) is 4.78. The van der Waals surface area contributed by atoms with Crippen molar-refractivity contribution in [3.05, 3.63) is 81.5 Å². The first-order chi connectivity index (χ1) is 19.2. The minimum absolute atomic E-state index is 0.110. The summed E-state index contributed by atoms with van der Waals surface area (Å²) in [5.74, 6) is -0.936. The van der Waals surface area contributed by atoms with Crippen LogP contribution in [0.25, 0.3) is 22.2 Å². The summed E-state index contributed by atoms with van der Waals surface area (Å²) in [6.07, 6.45) is 5.13. The number of aryl methyl sites for hydroxylation is 1. The van der Waals surface area contributed by atoms with Crippen LogP contribution in [0.4, 0.5) is 0 Å². The Morgan fingerprint density at radius 1 is 1.18 bits per heavy atom. The monoisotopic (exact) mass is 564 g/mol. The van der Waals surface area contributed by atoms with E-state index >= 15 is 0 Å². The van der Waals surface area contributed by atoms with E-state index in [0.29, 0.717) is 23.6 Å². The summed E-state index contributed by atoms with van der Waals surface area (Å²) in [6.45, 7) is 0.725. The van der Waals surface area contributed by atoms with Crippen molar-refractivity contribution in [3.8, 4) is 11.1 Å². The molecule has 2 amide bonds. The van der Waals surface area contributed by atoms with Crippen molar-refractivity contribution in [3.63, 3.8) is 0 Å². The fraction of sp³-hybridized carbons (Fsp3) is 0.321. The van der Waals surface area contributed by atoms with Crippen LogP contribution in [-0.2, 0) is 29.7 Å². The summed E-state index contributed by atoms with van der Waals surface area (Å²) in [7, 11) is 3.42. The van der Waals surface area contributed by atoms with E-state index in [-0.39, 0.29) is 43.4 Å². The number of fused-ring (bicyclic) bond motifs is 1. The van der Waals surface area contributed by atoms with E-state index in [9.17, 15) is 19.5 Å². The number of likely N-dealkylation sites (N-methyl/N-ethyl adjacent to an activating group) is 1. The number of pyridine rings is 2. The summed E-state index contributed by atoms with van der Waals surface area (Å²) in [5.41, 5.74) is 1.39. The molecule has 4 heterocycles. The molecule has 1 fully saturated rings. The van der Waals surface area contributed by atoms with E-state index in [1.807, 2.05) is 12.3 Å². The van der Waals surface area contributed by atoms with Gasteiger partial charge in [-0.15, -0.1) is 0 Å². The van der Waals surface area contributed by atoms with E-state index in [1.54, 1.807) is 55.4 Å². The van der Waals surface area contributed by atoms with Gasteiger partial charge in [0.1, 0.15) is 17.8 Å². The topological polar surface area (TPSA) is 132 Å². The molecule has 5 rings (SSSR count). The van der Waals surface area contributed by atoms with Crippen LogP contribution in [0.15, 0.2) is 59.8 Å². The van der Waals surface area contributed by atoms with Gasteiger partial charge in [-0.2, -0.15) is 5.10 Å². The summed E-state index contributed by atoms with van der Waals surface area (Å²) >= 11 is 5.95. The Morgan fingerprint density at radius 2 is 1.93 bits per heavy atom. The smallest absolute Gasteiger partial charge is 0.265 e. The van der Waals surface area contributed by atoms with Gasteiger partial charge in [0.05, 0.1) is 31.4 Å². The molecule has 208 valence electrons. The zero-order chi connectivity index (χ0) is 28.4. The number of benzene rings is 1. The van der Waals surface area contributed by atoms with Gasteiger partial charge in [-0.05, 0) is 29.8 Å². The van der Waals surface area contributed by atoms with Gasteiger partial charge in [0.15, 0.2) is 0 Å². The van der Waals surface area contributed by atoms with Crippen LogP contribution < -0.4 is 10.9 Å². The number of hydrogen-bond donors (Lipinski definition) is 2. The Bertz CT molecular complexity index is 1620. The zero-order valence-corrected chi connectivity index (χ0v) is 22.9. The zero-order valence-electron chi connectivity index (χ0n) is 22.1. The van der Waals surface area contributed by atoms with Gasteiger partial charge in [-0.1, -0.05) is 23.7 Å². The van der Waals surface area contributed by atoms with Crippen LogP contribution in [0.2, 0.25) is 5.02 Å². The van der Waals surface area contributed by atoms with Crippen molar-refractivity contribution in [2.45, 2.75) is 13.1 Å². The third kappa shape index (κ3) is 5.62. The number of halogens is 1. The highest BCUT2D eigenvalue weighted by molar-refractivity contribution is 6.30. The van der Waals surface area contributed by atoms with Gasteiger partial charge in [0.2, 0.25) is 5.91 Å². The largest absolute Gasteiger partial charge is 0.396 e. The third-order valence-corrected chi connectivity index (χ3v) is 7.27. The SMILES string of the molecule is CN(CC1(CO)COC1)C(=O)Cn1c(=O)c(C(=O)NCc2ccc(Cl)cc2)cc2cc(-c3cnn(C)c3)cnc21. The number of nitrogens with one attached hydrogen (secondary N) is 1. The van der Waals surface area contributed by atoms with Crippen LogP contribution in [0.5, 0.6) is 0 Å². The maximum Gasteiger partial charge on any atom is 0.265 e. The van der Waals surface area contributed by atoms with Gasteiger partial charge < -0.3 is 20.1 Å².